The number of amides is 2. The molecular weight excluding hydrogens is 581 g/mol. The number of halogens is 3. The number of rotatable bonds is 15. The van der Waals surface area contributed by atoms with Crippen LogP contribution in [-0.2, 0) is 41.7 Å². The van der Waals surface area contributed by atoms with Gasteiger partial charge >= 0.3 is 18.1 Å². The van der Waals surface area contributed by atoms with Gasteiger partial charge in [-0.2, -0.15) is 13.2 Å². The van der Waals surface area contributed by atoms with Gasteiger partial charge in [0.2, 0.25) is 18.0 Å². The third-order valence-corrected chi connectivity index (χ3v) is 6.55. The van der Waals surface area contributed by atoms with Gasteiger partial charge in [-0.05, 0) is 43.4 Å². The second-order valence-corrected chi connectivity index (χ2v) is 9.95. The Balaban J connectivity index is 2.04. The van der Waals surface area contributed by atoms with E-state index in [4.69, 9.17) is 9.47 Å². The van der Waals surface area contributed by atoms with Crippen LogP contribution in [0.25, 0.3) is 0 Å². The first-order valence-corrected chi connectivity index (χ1v) is 14.1. The molecule has 0 aliphatic carbocycles. The van der Waals surface area contributed by atoms with Gasteiger partial charge in [-0.25, -0.2) is 0 Å². The van der Waals surface area contributed by atoms with E-state index in [1.54, 1.807) is 13.0 Å². The third-order valence-electron chi connectivity index (χ3n) is 6.55. The monoisotopic (exact) mass is 620 g/mol. The summed E-state index contributed by atoms with van der Waals surface area (Å²) in [7, 11) is 0. The van der Waals surface area contributed by atoms with Crippen molar-refractivity contribution < 1.29 is 41.8 Å². The van der Waals surface area contributed by atoms with Crippen molar-refractivity contribution in [2.75, 3.05) is 19.6 Å². The summed E-state index contributed by atoms with van der Waals surface area (Å²) in [6.45, 7) is 11.3. The zero-order chi connectivity index (χ0) is 32.9. The highest BCUT2D eigenvalue weighted by molar-refractivity contribution is 5.94. The maximum Gasteiger partial charge on any atom is 0.449 e. The molecule has 1 aliphatic heterocycles. The molecule has 2 amide bonds. The van der Waals surface area contributed by atoms with Gasteiger partial charge < -0.3 is 24.6 Å². The lowest BCUT2D eigenvalue weighted by Crippen LogP contribution is -2.53. The van der Waals surface area contributed by atoms with E-state index in [2.05, 4.69) is 23.5 Å². The van der Waals surface area contributed by atoms with Crippen LogP contribution in [0.2, 0.25) is 0 Å². The maximum atomic E-state index is 13.7. The second-order valence-electron chi connectivity index (χ2n) is 9.95. The number of amidine groups is 1. The number of esters is 2. The van der Waals surface area contributed by atoms with E-state index in [0.717, 1.165) is 29.9 Å². The Morgan fingerprint density at radius 1 is 1.05 bits per heavy atom. The zero-order valence-electron chi connectivity index (χ0n) is 25.2. The van der Waals surface area contributed by atoms with E-state index >= 15 is 0 Å². The molecule has 1 aliphatic rings. The number of nitrogens with zero attached hydrogens (tertiary/aromatic N) is 3. The zero-order valence-corrected chi connectivity index (χ0v) is 25.2. The van der Waals surface area contributed by atoms with E-state index in [1.807, 2.05) is 24.3 Å². The van der Waals surface area contributed by atoms with E-state index in [-0.39, 0.29) is 38.4 Å². The number of carbonyl (C=O) groups is 4. The molecule has 0 aromatic heterocycles. The van der Waals surface area contributed by atoms with Crippen LogP contribution in [0.5, 0.6) is 0 Å². The van der Waals surface area contributed by atoms with Crippen molar-refractivity contribution in [2.45, 2.75) is 71.5 Å². The average Bonchev–Trinajstić information content (AvgIpc) is 3.40. The number of nitrogens with one attached hydrogen (secondary N) is 1. The summed E-state index contributed by atoms with van der Waals surface area (Å²) in [5, 5.41) is 2.57. The lowest BCUT2D eigenvalue weighted by molar-refractivity contribution is -0.178. The maximum absolute atomic E-state index is 13.7. The number of ether oxygens (including phenoxy) is 2. The smallest absolute Gasteiger partial charge is 0.448 e. The van der Waals surface area contributed by atoms with Gasteiger partial charge in [-0.1, -0.05) is 49.6 Å². The number of fused-ring (bicyclic) bond motifs is 1. The number of unbranched alkanes of at least 4 members (excludes halogenated alkanes) is 2. The highest BCUT2D eigenvalue weighted by Gasteiger charge is 2.43. The van der Waals surface area contributed by atoms with E-state index < -0.39 is 48.0 Å². The topological polar surface area (TPSA) is 118 Å². The van der Waals surface area contributed by atoms with Crippen LogP contribution >= 0.6 is 0 Å². The molecule has 1 N–H and O–H groups in total. The van der Waals surface area contributed by atoms with Gasteiger partial charge in [0.25, 0.3) is 11.8 Å². The van der Waals surface area contributed by atoms with Gasteiger partial charge in [0.15, 0.2) is 0 Å². The molecule has 240 valence electrons. The summed E-state index contributed by atoms with van der Waals surface area (Å²) >= 11 is 0. The molecule has 2 rings (SSSR count). The summed E-state index contributed by atoms with van der Waals surface area (Å²) < 4.78 is 51.6. The number of hydrogen-bond donors (Lipinski definition) is 1. The molecule has 2 atom stereocenters. The van der Waals surface area contributed by atoms with Crippen molar-refractivity contribution in [1.29, 1.82) is 0 Å². The minimum atomic E-state index is -4.71. The third kappa shape index (κ3) is 10.7. The number of carbonyl (C=O) groups excluding carboxylic acids is 4. The fourth-order valence-corrected chi connectivity index (χ4v) is 4.47. The standard InChI is InChI=1S/C31H39F3N4O6/c1-6-8-16-36-30(31(32,33)34)38(21(3)7-2)18-13-9-12-17-35-28(41)26(43-22(4)39)27(44-23(5)40)29(42)37-19-24-14-10-11-15-25(24)20-37/h6-8,10-11,14-15,26-27H,2-3,9,12-13,16-20H2,1,4-5H3,(H,35,41)/b8-6-,36-30?/t26-,27-/m1/s1. The Morgan fingerprint density at radius 2 is 1.64 bits per heavy atom. The largest absolute Gasteiger partial charge is 0.449 e. The van der Waals surface area contributed by atoms with Crippen LogP contribution in [-0.4, -0.2) is 77.4 Å². The van der Waals surface area contributed by atoms with Crippen LogP contribution in [0, 0.1) is 0 Å². The molecule has 0 fully saturated rings. The van der Waals surface area contributed by atoms with Gasteiger partial charge in [0.05, 0.1) is 6.54 Å². The van der Waals surface area contributed by atoms with Crippen molar-refractivity contribution in [3.05, 3.63) is 72.5 Å². The molecule has 0 saturated carbocycles. The average molecular weight is 621 g/mol. The summed E-state index contributed by atoms with van der Waals surface area (Å²) in [6, 6.07) is 7.36. The fraction of sp³-hybridized carbons (Fsp3) is 0.452. The summed E-state index contributed by atoms with van der Waals surface area (Å²) in [5.74, 6) is -4.34. The Hall–Kier alpha value is -4.42. The summed E-state index contributed by atoms with van der Waals surface area (Å²) in [4.78, 5) is 56.3. The Bertz CT molecular complexity index is 1250. The molecule has 10 nitrogen and oxygen atoms in total. The first-order chi connectivity index (χ1) is 20.8. The lowest BCUT2D eigenvalue weighted by Gasteiger charge is -2.28. The highest BCUT2D eigenvalue weighted by atomic mass is 19.4. The van der Waals surface area contributed by atoms with Crippen LogP contribution in [0.3, 0.4) is 0 Å². The lowest BCUT2D eigenvalue weighted by atomic mass is 10.1. The minimum Gasteiger partial charge on any atom is -0.448 e. The Labute approximate surface area is 255 Å². The van der Waals surface area contributed by atoms with Gasteiger partial charge in [0, 0.05) is 45.7 Å². The van der Waals surface area contributed by atoms with Crippen molar-refractivity contribution in [3.63, 3.8) is 0 Å². The van der Waals surface area contributed by atoms with Crippen LogP contribution in [0.1, 0.15) is 51.2 Å². The number of aliphatic imine (C=N–C) groups is 1. The molecule has 0 radical (unpaired) electrons. The van der Waals surface area contributed by atoms with E-state index in [1.165, 1.54) is 17.1 Å². The molecule has 0 spiro atoms. The molecule has 1 aromatic rings. The van der Waals surface area contributed by atoms with Crippen molar-refractivity contribution in [1.82, 2.24) is 15.1 Å². The number of hydrogen-bond acceptors (Lipinski definition) is 7. The summed E-state index contributed by atoms with van der Waals surface area (Å²) in [6.07, 6.45) is -2.83. The SMILES string of the molecule is C=CC(=C)N(CCCCCNC(=O)[C@H](OC(C)=O)[C@@H](OC(C)=O)C(=O)N1Cc2ccccc2C1)C(=NC/C=C\C)C(F)(F)F. The molecule has 1 aromatic carbocycles. The molecule has 44 heavy (non-hydrogen) atoms. The number of benzene rings is 1. The van der Waals surface area contributed by atoms with E-state index in [0.29, 0.717) is 19.3 Å². The Kier molecular flexibility index (Phi) is 13.8. The predicted molar refractivity (Wildman–Crippen MR) is 158 cm³/mol. The minimum absolute atomic E-state index is 0.0429. The number of alkyl halides is 3. The van der Waals surface area contributed by atoms with Gasteiger partial charge in [-0.3, -0.25) is 24.2 Å². The molecule has 0 bridgehead atoms. The summed E-state index contributed by atoms with van der Waals surface area (Å²) in [5.41, 5.74) is 1.84. The van der Waals surface area contributed by atoms with Crippen molar-refractivity contribution in [3.8, 4) is 0 Å². The molecule has 0 unspecified atom stereocenters. The van der Waals surface area contributed by atoms with Gasteiger partial charge in [-0.15, -0.1) is 0 Å². The molecule has 1 heterocycles. The quantitative estimate of drug-likeness (QED) is 0.0780. The van der Waals surface area contributed by atoms with Crippen LogP contribution in [0.15, 0.2) is 66.3 Å². The van der Waals surface area contributed by atoms with E-state index in [9.17, 15) is 32.3 Å². The first-order valence-electron chi connectivity index (χ1n) is 14.1. The van der Waals surface area contributed by atoms with Crippen molar-refractivity contribution >= 4 is 29.6 Å². The fourth-order valence-electron chi connectivity index (χ4n) is 4.47. The highest BCUT2D eigenvalue weighted by Crippen LogP contribution is 2.25. The van der Waals surface area contributed by atoms with Gasteiger partial charge in [0.1, 0.15) is 0 Å². The number of allylic oxidation sites excluding steroid dienone is 2. The Morgan fingerprint density at radius 3 is 2.16 bits per heavy atom. The second kappa shape index (κ2) is 17.0. The van der Waals surface area contributed by atoms with Crippen LogP contribution < -0.4 is 5.32 Å². The predicted octanol–water partition coefficient (Wildman–Crippen LogP) is 4.22. The normalized spacial score (nSPS) is 14.4. The molecule has 13 heteroatoms. The molecule has 0 saturated heterocycles. The molecular formula is C31H39F3N4O6. The van der Waals surface area contributed by atoms with Crippen LogP contribution in [0.4, 0.5) is 13.2 Å². The van der Waals surface area contributed by atoms with Crippen molar-refractivity contribution in [2.24, 2.45) is 4.99 Å². The first kappa shape index (κ1) is 35.8.